The van der Waals surface area contributed by atoms with Crippen molar-refractivity contribution in [1.29, 1.82) is 0 Å². The lowest BCUT2D eigenvalue weighted by atomic mass is 10.1. The van der Waals surface area contributed by atoms with Crippen molar-refractivity contribution < 1.29 is 39.6 Å². The molecule has 0 bridgehead atoms. The predicted octanol–water partition coefficient (Wildman–Crippen LogP) is -3.89. The van der Waals surface area contributed by atoms with Crippen LogP contribution >= 0.6 is 0 Å². The van der Waals surface area contributed by atoms with Gasteiger partial charge in [-0.05, 0) is 26.7 Å². The Kier molecular flexibility index (Phi) is 8.75. The molecular formula is C16H28N4O8. The monoisotopic (exact) mass is 404 g/mol. The molecule has 1 aliphatic rings. The molecule has 12 nitrogen and oxygen atoms in total. The summed E-state index contributed by atoms with van der Waals surface area (Å²) in [5.74, 6) is -3.77. The molecule has 0 aliphatic carbocycles. The van der Waals surface area contributed by atoms with Gasteiger partial charge in [0, 0.05) is 6.54 Å². The first kappa shape index (κ1) is 23.8. The molecule has 6 atom stereocenters. The van der Waals surface area contributed by atoms with Gasteiger partial charge in [0.1, 0.15) is 18.1 Å². The second-order valence-electron chi connectivity index (χ2n) is 6.76. The lowest BCUT2D eigenvalue weighted by Crippen LogP contribution is -2.59. The molecule has 8 N–H and O–H groups in total. The van der Waals surface area contributed by atoms with Crippen LogP contribution in [0.2, 0.25) is 0 Å². The van der Waals surface area contributed by atoms with Crippen LogP contribution in [0.15, 0.2) is 0 Å². The molecule has 0 aromatic heterocycles. The Bertz CT molecular complexity index is 597. The number of amides is 3. The molecule has 1 fully saturated rings. The van der Waals surface area contributed by atoms with E-state index in [2.05, 4.69) is 10.6 Å². The van der Waals surface area contributed by atoms with Crippen LogP contribution in [0.4, 0.5) is 0 Å². The number of aliphatic carboxylic acids is 1. The Hall–Kier alpha value is -2.28. The molecule has 0 spiro atoms. The summed E-state index contributed by atoms with van der Waals surface area (Å²) in [6, 6.07) is -5.23. The number of likely N-dealkylation sites (tertiary alicyclic amines) is 1. The number of nitrogens with two attached hydrogens (primary N) is 1. The molecule has 0 aromatic rings. The largest absolute Gasteiger partial charge is 0.480 e. The summed E-state index contributed by atoms with van der Waals surface area (Å²) in [6.07, 6.45) is -1.81. The predicted molar refractivity (Wildman–Crippen MR) is 94.7 cm³/mol. The number of carboxylic acid groups (broad SMARTS) is 1. The molecule has 0 aromatic carbocycles. The first-order chi connectivity index (χ1) is 13.0. The van der Waals surface area contributed by atoms with Crippen molar-refractivity contribution in [2.45, 2.75) is 63.1 Å². The molecule has 160 valence electrons. The van der Waals surface area contributed by atoms with E-state index in [1.165, 1.54) is 13.8 Å². The second-order valence-corrected chi connectivity index (χ2v) is 6.76. The van der Waals surface area contributed by atoms with E-state index in [1.54, 1.807) is 0 Å². The summed E-state index contributed by atoms with van der Waals surface area (Å²) in [5.41, 5.74) is 5.49. The number of carboxylic acids is 1. The van der Waals surface area contributed by atoms with Gasteiger partial charge in [-0.15, -0.1) is 0 Å². The SMILES string of the molecule is CC(O)C(N)C(=O)NC(CO)C(=O)N1CCCC1C(=O)NC(C(=O)O)C(C)O. The molecule has 1 heterocycles. The highest BCUT2D eigenvalue weighted by atomic mass is 16.4. The summed E-state index contributed by atoms with van der Waals surface area (Å²) < 4.78 is 0. The number of rotatable bonds is 9. The lowest BCUT2D eigenvalue weighted by molar-refractivity contribution is -0.147. The van der Waals surface area contributed by atoms with Gasteiger partial charge in [0.2, 0.25) is 17.7 Å². The quantitative estimate of drug-likeness (QED) is 0.200. The van der Waals surface area contributed by atoms with Gasteiger partial charge in [-0.2, -0.15) is 0 Å². The number of carbonyl (C=O) groups excluding carboxylic acids is 3. The number of aliphatic hydroxyl groups is 3. The van der Waals surface area contributed by atoms with E-state index in [9.17, 15) is 34.5 Å². The molecule has 28 heavy (non-hydrogen) atoms. The zero-order chi connectivity index (χ0) is 21.6. The Labute approximate surface area is 161 Å². The minimum absolute atomic E-state index is 0.165. The lowest BCUT2D eigenvalue weighted by Gasteiger charge is -2.29. The number of hydrogen-bond donors (Lipinski definition) is 7. The maximum absolute atomic E-state index is 12.7. The molecule has 3 amide bonds. The molecule has 0 saturated carbocycles. The topological polar surface area (TPSA) is 203 Å². The van der Waals surface area contributed by atoms with Crippen LogP contribution in [0.1, 0.15) is 26.7 Å². The fourth-order valence-corrected chi connectivity index (χ4v) is 2.81. The molecule has 1 rings (SSSR count). The normalized spacial score (nSPS) is 21.9. The first-order valence-corrected chi connectivity index (χ1v) is 8.87. The Morgan fingerprint density at radius 2 is 1.75 bits per heavy atom. The highest BCUT2D eigenvalue weighted by molar-refractivity contribution is 5.94. The summed E-state index contributed by atoms with van der Waals surface area (Å²) in [4.78, 5) is 49.3. The van der Waals surface area contributed by atoms with E-state index in [4.69, 9.17) is 10.8 Å². The Morgan fingerprint density at radius 3 is 2.21 bits per heavy atom. The zero-order valence-electron chi connectivity index (χ0n) is 15.7. The van der Waals surface area contributed by atoms with Crippen LogP contribution in [0.25, 0.3) is 0 Å². The Morgan fingerprint density at radius 1 is 1.14 bits per heavy atom. The van der Waals surface area contributed by atoms with Gasteiger partial charge in [-0.3, -0.25) is 14.4 Å². The van der Waals surface area contributed by atoms with Gasteiger partial charge in [-0.25, -0.2) is 4.79 Å². The number of hydrogen-bond acceptors (Lipinski definition) is 8. The standard InChI is InChI=1S/C16H28N4O8/c1-7(22)11(17)14(25)18-9(6-21)15(26)20-5-3-4-10(20)13(24)19-12(8(2)23)16(27)28/h7-12,21-23H,3-6,17H2,1-2H3,(H,18,25)(H,19,24)(H,27,28). The summed E-state index contributed by atoms with van der Waals surface area (Å²) >= 11 is 0. The van der Waals surface area contributed by atoms with Crippen molar-refractivity contribution in [2.24, 2.45) is 5.73 Å². The molecule has 1 saturated heterocycles. The third-order valence-electron chi connectivity index (χ3n) is 4.50. The highest BCUT2D eigenvalue weighted by Gasteiger charge is 2.39. The molecular weight excluding hydrogens is 376 g/mol. The molecule has 12 heteroatoms. The van der Waals surface area contributed by atoms with Gasteiger partial charge < -0.3 is 41.7 Å². The van der Waals surface area contributed by atoms with E-state index in [0.717, 1.165) is 4.90 Å². The summed E-state index contributed by atoms with van der Waals surface area (Å²) in [6.45, 7) is 1.91. The average molecular weight is 404 g/mol. The van der Waals surface area contributed by atoms with E-state index >= 15 is 0 Å². The molecule has 0 radical (unpaired) electrons. The van der Waals surface area contributed by atoms with Crippen LogP contribution < -0.4 is 16.4 Å². The van der Waals surface area contributed by atoms with E-state index in [-0.39, 0.29) is 13.0 Å². The second kappa shape index (κ2) is 10.3. The zero-order valence-corrected chi connectivity index (χ0v) is 15.7. The maximum Gasteiger partial charge on any atom is 0.328 e. The van der Waals surface area contributed by atoms with Crippen LogP contribution in [-0.4, -0.2) is 98.5 Å². The maximum atomic E-state index is 12.7. The first-order valence-electron chi connectivity index (χ1n) is 8.87. The average Bonchev–Trinajstić information content (AvgIpc) is 3.11. The minimum Gasteiger partial charge on any atom is -0.480 e. The van der Waals surface area contributed by atoms with Gasteiger partial charge in [0.15, 0.2) is 6.04 Å². The fourth-order valence-electron chi connectivity index (χ4n) is 2.81. The van der Waals surface area contributed by atoms with Crippen LogP contribution in [-0.2, 0) is 19.2 Å². The smallest absolute Gasteiger partial charge is 0.328 e. The summed E-state index contributed by atoms with van der Waals surface area (Å²) in [5, 5.41) is 41.8. The molecule has 1 aliphatic heterocycles. The van der Waals surface area contributed by atoms with E-state index in [0.29, 0.717) is 6.42 Å². The van der Waals surface area contributed by atoms with Gasteiger partial charge >= 0.3 is 5.97 Å². The van der Waals surface area contributed by atoms with Crippen molar-refractivity contribution in [3.05, 3.63) is 0 Å². The van der Waals surface area contributed by atoms with Crippen molar-refractivity contribution in [1.82, 2.24) is 15.5 Å². The fraction of sp³-hybridized carbons (Fsp3) is 0.750. The van der Waals surface area contributed by atoms with Crippen LogP contribution in [0.3, 0.4) is 0 Å². The van der Waals surface area contributed by atoms with Crippen LogP contribution in [0.5, 0.6) is 0 Å². The number of nitrogens with zero attached hydrogens (tertiary/aromatic N) is 1. The van der Waals surface area contributed by atoms with Crippen molar-refractivity contribution >= 4 is 23.7 Å². The highest BCUT2D eigenvalue weighted by Crippen LogP contribution is 2.19. The third-order valence-corrected chi connectivity index (χ3v) is 4.50. The van der Waals surface area contributed by atoms with E-state index in [1.807, 2.05) is 0 Å². The van der Waals surface area contributed by atoms with Crippen LogP contribution in [0, 0.1) is 0 Å². The minimum atomic E-state index is -1.54. The van der Waals surface area contributed by atoms with E-state index < -0.39 is 66.7 Å². The van der Waals surface area contributed by atoms with Crippen molar-refractivity contribution in [3.8, 4) is 0 Å². The van der Waals surface area contributed by atoms with Gasteiger partial charge in [-0.1, -0.05) is 0 Å². The van der Waals surface area contributed by atoms with Gasteiger partial charge in [0.25, 0.3) is 0 Å². The molecule has 6 unspecified atom stereocenters. The van der Waals surface area contributed by atoms with Crippen molar-refractivity contribution in [3.63, 3.8) is 0 Å². The summed E-state index contributed by atoms with van der Waals surface area (Å²) in [7, 11) is 0. The van der Waals surface area contributed by atoms with Crippen molar-refractivity contribution in [2.75, 3.05) is 13.2 Å². The Balaban J connectivity index is 2.86. The van der Waals surface area contributed by atoms with Gasteiger partial charge in [0.05, 0.1) is 18.8 Å². The number of nitrogens with one attached hydrogen (secondary N) is 2. The number of aliphatic hydroxyl groups excluding tert-OH is 3. The number of carbonyl (C=O) groups is 4. The third kappa shape index (κ3) is 5.86.